The lowest BCUT2D eigenvalue weighted by molar-refractivity contribution is -0.128. The van der Waals surface area contributed by atoms with E-state index in [9.17, 15) is 4.79 Å². The van der Waals surface area contributed by atoms with Gasteiger partial charge in [0, 0.05) is 43.6 Å². The molecule has 2 aliphatic rings. The summed E-state index contributed by atoms with van der Waals surface area (Å²) in [6.45, 7) is 15.5. The molecule has 0 unspecified atom stereocenters. The minimum absolute atomic E-state index is 0. The normalized spacial score (nSPS) is 20.6. The van der Waals surface area contributed by atoms with Gasteiger partial charge in [-0.3, -0.25) is 4.79 Å². The summed E-state index contributed by atoms with van der Waals surface area (Å²) in [5, 5.41) is 3.44. The highest BCUT2D eigenvalue weighted by atomic mass is 127. The summed E-state index contributed by atoms with van der Waals surface area (Å²) in [4.78, 5) is 21.0. The fraction of sp³-hybridized carbons (Fsp3) is 0.636. The average Bonchev–Trinajstić information content (AvgIpc) is 3.03. The first-order chi connectivity index (χ1) is 12.7. The summed E-state index contributed by atoms with van der Waals surface area (Å²) in [5.74, 6) is 1.27. The Hall–Kier alpha value is -1.31. The summed E-state index contributed by atoms with van der Waals surface area (Å²) in [7, 11) is 0. The van der Waals surface area contributed by atoms with Crippen LogP contribution in [0, 0.1) is 5.41 Å². The number of benzene rings is 1. The van der Waals surface area contributed by atoms with Gasteiger partial charge in [0.15, 0.2) is 5.96 Å². The van der Waals surface area contributed by atoms with Crippen molar-refractivity contribution in [2.75, 3.05) is 19.6 Å². The average molecular weight is 498 g/mol. The number of carbonyl (C=O) groups is 1. The summed E-state index contributed by atoms with van der Waals surface area (Å²) in [5.41, 5.74) is 2.77. The number of halogens is 1. The van der Waals surface area contributed by atoms with E-state index in [1.807, 2.05) is 4.90 Å². The highest BCUT2D eigenvalue weighted by Crippen LogP contribution is 2.46. The van der Waals surface area contributed by atoms with E-state index in [0.29, 0.717) is 13.0 Å². The van der Waals surface area contributed by atoms with Crippen molar-refractivity contribution < 1.29 is 4.79 Å². The topological polar surface area (TPSA) is 47.9 Å². The quantitative estimate of drug-likeness (QED) is 0.379. The smallest absolute Gasteiger partial charge is 0.222 e. The van der Waals surface area contributed by atoms with Gasteiger partial charge in [0.25, 0.3) is 0 Å². The van der Waals surface area contributed by atoms with Crippen molar-refractivity contribution in [3.8, 4) is 0 Å². The molecule has 3 rings (SSSR count). The van der Waals surface area contributed by atoms with Crippen LogP contribution in [0.25, 0.3) is 0 Å². The van der Waals surface area contributed by atoms with Crippen LogP contribution in [-0.4, -0.2) is 46.8 Å². The Kier molecular flexibility index (Phi) is 7.39. The van der Waals surface area contributed by atoms with Gasteiger partial charge in [-0.05, 0) is 38.3 Å². The Bertz CT molecular complexity index is 712. The molecule has 2 aliphatic heterocycles. The molecule has 1 aromatic rings. The second-order valence-corrected chi connectivity index (χ2v) is 8.93. The van der Waals surface area contributed by atoms with Crippen molar-refractivity contribution in [2.24, 2.45) is 10.4 Å². The highest BCUT2D eigenvalue weighted by Gasteiger charge is 2.53. The Morgan fingerprint density at radius 2 is 1.79 bits per heavy atom. The SMILES string of the molecule is CCNC(=NCc1ccc(CN2CCCC2=O)cc1)N1CC(C)(C)C1(C)C.I. The number of rotatable bonds is 5. The van der Waals surface area contributed by atoms with Crippen LogP contribution in [0.15, 0.2) is 29.3 Å². The van der Waals surface area contributed by atoms with E-state index in [0.717, 1.165) is 38.6 Å². The van der Waals surface area contributed by atoms with Crippen LogP contribution in [0.2, 0.25) is 0 Å². The third-order valence-corrected chi connectivity index (χ3v) is 6.45. The molecule has 0 radical (unpaired) electrons. The van der Waals surface area contributed by atoms with Crippen LogP contribution >= 0.6 is 24.0 Å². The predicted molar refractivity (Wildman–Crippen MR) is 126 cm³/mol. The molecule has 28 heavy (non-hydrogen) atoms. The van der Waals surface area contributed by atoms with Gasteiger partial charge in [-0.15, -0.1) is 24.0 Å². The standard InChI is InChI=1S/C22H34N4O.HI/c1-6-23-20(26-16-21(2,3)22(26,4)5)24-14-17-9-11-18(12-10-17)15-25-13-7-8-19(25)27;/h9-12H,6-8,13-16H2,1-5H3,(H,23,24);1H. The van der Waals surface area contributed by atoms with Gasteiger partial charge in [-0.25, -0.2) is 4.99 Å². The number of carbonyl (C=O) groups excluding carboxylic acids is 1. The third kappa shape index (κ3) is 4.63. The third-order valence-electron chi connectivity index (χ3n) is 6.45. The highest BCUT2D eigenvalue weighted by molar-refractivity contribution is 14.0. The first kappa shape index (κ1) is 23.0. The first-order valence-electron chi connectivity index (χ1n) is 10.2. The van der Waals surface area contributed by atoms with Crippen molar-refractivity contribution in [3.05, 3.63) is 35.4 Å². The number of likely N-dealkylation sites (tertiary alicyclic amines) is 2. The van der Waals surface area contributed by atoms with Gasteiger partial charge in [0.2, 0.25) is 5.91 Å². The van der Waals surface area contributed by atoms with Crippen molar-refractivity contribution in [3.63, 3.8) is 0 Å². The zero-order valence-electron chi connectivity index (χ0n) is 17.9. The Morgan fingerprint density at radius 3 is 2.29 bits per heavy atom. The maximum Gasteiger partial charge on any atom is 0.222 e. The van der Waals surface area contributed by atoms with Crippen LogP contribution in [-0.2, 0) is 17.9 Å². The molecule has 0 spiro atoms. The Morgan fingerprint density at radius 1 is 1.14 bits per heavy atom. The molecular weight excluding hydrogens is 463 g/mol. The van der Waals surface area contributed by atoms with Crippen LogP contribution in [0.3, 0.4) is 0 Å². The zero-order chi connectivity index (χ0) is 19.7. The second-order valence-electron chi connectivity index (χ2n) is 8.93. The molecule has 0 aliphatic carbocycles. The van der Waals surface area contributed by atoms with E-state index in [2.05, 4.69) is 69.1 Å². The van der Waals surface area contributed by atoms with Crippen molar-refractivity contribution in [1.82, 2.24) is 15.1 Å². The Labute approximate surface area is 187 Å². The fourth-order valence-corrected chi connectivity index (χ4v) is 3.80. The van der Waals surface area contributed by atoms with Gasteiger partial charge in [-0.2, -0.15) is 0 Å². The van der Waals surface area contributed by atoms with E-state index in [1.165, 1.54) is 11.1 Å². The van der Waals surface area contributed by atoms with E-state index < -0.39 is 0 Å². The minimum Gasteiger partial charge on any atom is -0.356 e. The number of aliphatic imine (C=N–C) groups is 1. The molecule has 2 saturated heterocycles. The molecule has 5 nitrogen and oxygen atoms in total. The van der Waals surface area contributed by atoms with Crippen molar-refractivity contribution >= 4 is 35.8 Å². The molecule has 156 valence electrons. The molecule has 6 heteroatoms. The largest absolute Gasteiger partial charge is 0.356 e. The van der Waals surface area contributed by atoms with Gasteiger partial charge < -0.3 is 15.1 Å². The van der Waals surface area contributed by atoms with Crippen molar-refractivity contribution in [2.45, 2.75) is 66.1 Å². The van der Waals surface area contributed by atoms with Gasteiger partial charge in [0.05, 0.1) is 6.54 Å². The zero-order valence-corrected chi connectivity index (χ0v) is 20.2. The fourth-order valence-electron chi connectivity index (χ4n) is 3.80. The van der Waals surface area contributed by atoms with Gasteiger partial charge in [0.1, 0.15) is 0 Å². The van der Waals surface area contributed by atoms with Crippen LogP contribution < -0.4 is 5.32 Å². The number of guanidine groups is 1. The lowest BCUT2D eigenvalue weighted by Gasteiger charge is -2.62. The summed E-state index contributed by atoms with van der Waals surface area (Å²) in [6.07, 6.45) is 1.69. The molecule has 1 aromatic carbocycles. The molecule has 1 N–H and O–H groups in total. The summed E-state index contributed by atoms with van der Waals surface area (Å²) >= 11 is 0. The van der Waals surface area contributed by atoms with E-state index in [1.54, 1.807) is 0 Å². The number of hydrogen-bond acceptors (Lipinski definition) is 2. The molecule has 0 saturated carbocycles. The maximum absolute atomic E-state index is 11.8. The number of nitrogens with zero attached hydrogens (tertiary/aromatic N) is 3. The first-order valence-corrected chi connectivity index (χ1v) is 10.2. The maximum atomic E-state index is 11.8. The molecule has 1 amide bonds. The molecule has 0 bridgehead atoms. The summed E-state index contributed by atoms with van der Waals surface area (Å²) < 4.78 is 0. The number of hydrogen-bond donors (Lipinski definition) is 1. The van der Waals surface area contributed by atoms with E-state index in [4.69, 9.17) is 4.99 Å². The van der Waals surface area contributed by atoms with Crippen LogP contribution in [0.5, 0.6) is 0 Å². The molecular formula is C22H35IN4O. The van der Waals surface area contributed by atoms with Crippen LogP contribution in [0.1, 0.15) is 58.6 Å². The monoisotopic (exact) mass is 498 g/mol. The molecule has 0 aromatic heterocycles. The van der Waals surface area contributed by atoms with Crippen LogP contribution in [0.4, 0.5) is 0 Å². The lowest BCUT2D eigenvalue weighted by atomic mass is 9.65. The molecule has 0 atom stereocenters. The second kappa shape index (κ2) is 9.01. The minimum atomic E-state index is 0. The Balaban J connectivity index is 0.00000280. The summed E-state index contributed by atoms with van der Waals surface area (Å²) in [6, 6.07) is 8.52. The van der Waals surface area contributed by atoms with Gasteiger partial charge in [-0.1, -0.05) is 38.1 Å². The lowest BCUT2D eigenvalue weighted by Crippen LogP contribution is -2.72. The van der Waals surface area contributed by atoms with E-state index in [-0.39, 0.29) is 40.8 Å². The number of nitrogens with one attached hydrogen (secondary N) is 1. The molecule has 2 fully saturated rings. The van der Waals surface area contributed by atoms with E-state index >= 15 is 0 Å². The van der Waals surface area contributed by atoms with Crippen molar-refractivity contribution in [1.29, 1.82) is 0 Å². The molecule has 2 heterocycles. The van der Waals surface area contributed by atoms with Gasteiger partial charge >= 0.3 is 0 Å². The number of amides is 1. The predicted octanol–water partition coefficient (Wildman–Crippen LogP) is 4.01.